The van der Waals surface area contributed by atoms with E-state index in [1.54, 1.807) is 24.3 Å². The molecule has 0 saturated heterocycles. The standard InChI is InChI=1S/C10H7ClN2O2/c11-7-8(13-12)10(15)6-4-2-1-3-5(6)9(7)14/h1-4,12,14-15H. The Morgan fingerprint density at radius 2 is 1.60 bits per heavy atom. The molecule has 2 aromatic carbocycles. The molecule has 0 unspecified atom stereocenters. The number of phenolic OH excluding ortho intramolecular Hbond substituents is 2. The predicted octanol–water partition coefficient (Wildman–Crippen LogP) is 3.57. The summed E-state index contributed by atoms with van der Waals surface area (Å²) in [6.07, 6.45) is 0. The number of phenols is 2. The summed E-state index contributed by atoms with van der Waals surface area (Å²) < 4.78 is 0. The van der Waals surface area contributed by atoms with E-state index in [0.717, 1.165) is 0 Å². The summed E-state index contributed by atoms with van der Waals surface area (Å²) in [5.74, 6) is -0.362. The molecule has 0 atom stereocenters. The second-order valence-electron chi connectivity index (χ2n) is 3.02. The summed E-state index contributed by atoms with van der Waals surface area (Å²) in [6, 6.07) is 6.68. The van der Waals surface area contributed by atoms with Crippen molar-refractivity contribution in [3.8, 4) is 11.5 Å². The first-order chi connectivity index (χ1) is 7.16. The molecule has 0 fully saturated rings. The van der Waals surface area contributed by atoms with Gasteiger partial charge in [-0.25, -0.2) is 5.53 Å². The highest BCUT2D eigenvalue weighted by Gasteiger charge is 2.16. The molecule has 0 heterocycles. The summed E-state index contributed by atoms with van der Waals surface area (Å²) >= 11 is 5.75. The average molecular weight is 223 g/mol. The van der Waals surface area contributed by atoms with Crippen LogP contribution in [0.3, 0.4) is 0 Å². The van der Waals surface area contributed by atoms with Gasteiger partial charge in [0, 0.05) is 10.8 Å². The van der Waals surface area contributed by atoms with Crippen LogP contribution in [0.2, 0.25) is 5.02 Å². The van der Waals surface area contributed by atoms with Crippen molar-refractivity contribution in [1.29, 1.82) is 5.53 Å². The van der Waals surface area contributed by atoms with Crippen LogP contribution >= 0.6 is 11.6 Å². The Hall–Kier alpha value is -1.81. The molecule has 2 aromatic rings. The number of nitrogens with one attached hydrogen (secondary N) is 1. The Labute approximate surface area is 90.2 Å². The Morgan fingerprint density at radius 1 is 1.07 bits per heavy atom. The summed E-state index contributed by atoms with van der Waals surface area (Å²) in [4.78, 5) is 0. The van der Waals surface area contributed by atoms with E-state index in [-0.39, 0.29) is 22.2 Å². The third-order valence-electron chi connectivity index (χ3n) is 2.19. The van der Waals surface area contributed by atoms with Crippen LogP contribution in [0.15, 0.2) is 29.4 Å². The van der Waals surface area contributed by atoms with Gasteiger partial charge in [-0.1, -0.05) is 35.9 Å². The van der Waals surface area contributed by atoms with E-state index in [1.165, 1.54) is 0 Å². The first-order valence-corrected chi connectivity index (χ1v) is 4.54. The van der Waals surface area contributed by atoms with E-state index in [9.17, 15) is 10.2 Å². The summed E-state index contributed by atoms with van der Waals surface area (Å²) in [5, 5.41) is 23.3. The van der Waals surface area contributed by atoms with Crippen molar-refractivity contribution in [1.82, 2.24) is 0 Å². The smallest absolute Gasteiger partial charge is 0.152 e. The lowest BCUT2D eigenvalue weighted by molar-refractivity contribution is 0.470. The predicted molar refractivity (Wildman–Crippen MR) is 57.1 cm³/mol. The van der Waals surface area contributed by atoms with Gasteiger partial charge in [0.15, 0.2) is 5.75 Å². The second kappa shape index (κ2) is 3.40. The van der Waals surface area contributed by atoms with Gasteiger partial charge in [0.25, 0.3) is 0 Å². The Morgan fingerprint density at radius 3 is 2.13 bits per heavy atom. The van der Waals surface area contributed by atoms with Gasteiger partial charge >= 0.3 is 0 Å². The molecular formula is C10H7ClN2O2. The molecule has 2 rings (SSSR count). The van der Waals surface area contributed by atoms with Gasteiger partial charge in [-0.05, 0) is 0 Å². The third kappa shape index (κ3) is 1.30. The third-order valence-corrected chi connectivity index (χ3v) is 2.55. The minimum absolute atomic E-state index is 0.110. The maximum atomic E-state index is 9.75. The molecule has 0 aliphatic rings. The van der Waals surface area contributed by atoms with Crippen LogP contribution < -0.4 is 0 Å². The van der Waals surface area contributed by atoms with E-state index in [0.29, 0.717) is 10.8 Å². The number of fused-ring (bicyclic) bond motifs is 1. The van der Waals surface area contributed by atoms with E-state index < -0.39 is 0 Å². The number of nitrogens with zero attached hydrogens (tertiary/aromatic N) is 1. The fraction of sp³-hybridized carbons (Fsp3) is 0. The second-order valence-corrected chi connectivity index (χ2v) is 3.40. The van der Waals surface area contributed by atoms with Crippen LogP contribution in [-0.4, -0.2) is 10.2 Å². The van der Waals surface area contributed by atoms with Crippen LogP contribution in [0, 0.1) is 5.53 Å². The van der Waals surface area contributed by atoms with Crippen molar-refractivity contribution in [2.24, 2.45) is 5.11 Å². The van der Waals surface area contributed by atoms with Crippen LogP contribution in [0.25, 0.3) is 10.8 Å². The molecule has 0 radical (unpaired) electrons. The monoisotopic (exact) mass is 222 g/mol. The molecule has 4 nitrogen and oxygen atoms in total. The topological polar surface area (TPSA) is 76.7 Å². The maximum absolute atomic E-state index is 9.75. The number of rotatable bonds is 1. The maximum Gasteiger partial charge on any atom is 0.152 e. The lowest BCUT2D eigenvalue weighted by Gasteiger charge is -2.08. The van der Waals surface area contributed by atoms with Gasteiger partial charge in [0.05, 0.1) is 0 Å². The fourth-order valence-corrected chi connectivity index (χ4v) is 1.69. The normalized spacial score (nSPS) is 10.5. The number of hydrogen-bond acceptors (Lipinski definition) is 4. The molecule has 3 N–H and O–H groups in total. The van der Waals surface area contributed by atoms with Gasteiger partial charge in [0.2, 0.25) is 0 Å². The molecular weight excluding hydrogens is 216 g/mol. The van der Waals surface area contributed by atoms with Crippen LogP contribution in [0.1, 0.15) is 0 Å². The van der Waals surface area contributed by atoms with Gasteiger partial charge in [-0.2, -0.15) is 5.11 Å². The highest BCUT2D eigenvalue weighted by molar-refractivity contribution is 6.36. The molecule has 76 valence electrons. The zero-order valence-corrected chi connectivity index (χ0v) is 8.28. The van der Waals surface area contributed by atoms with Crippen molar-refractivity contribution in [3.05, 3.63) is 29.3 Å². The van der Waals surface area contributed by atoms with E-state index >= 15 is 0 Å². The molecule has 0 amide bonds. The number of halogens is 1. The lowest BCUT2D eigenvalue weighted by Crippen LogP contribution is -1.79. The zero-order valence-electron chi connectivity index (χ0n) is 7.53. The lowest BCUT2D eigenvalue weighted by atomic mass is 10.1. The molecule has 0 aliphatic carbocycles. The highest BCUT2D eigenvalue weighted by Crippen LogP contribution is 2.47. The minimum atomic E-state index is -0.191. The highest BCUT2D eigenvalue weighted by atomic mass is 35.5. The van der Waals surface area contributed by atoms with E-state index in [4.69, 9.17) is 17.1 Å². The molecule has 15 heavy (non-hydrogen) atoms. The van der Waals surface area contributed by atoms with Crippen molar-refractivity contribution in [3.63, 3.8) is 0 Å². The van der Waals surface area contributed by atoms with Crippen LogP contribution in [0.5, 0.6) is 11.5 Å². The van der Waals surface area contributed by atoms with Crippen LogP contribution in [0.4, 0.5) is 5.69 Å². The molecule has 0 spiro atoms. The first-order valence-electron chi connectivity index (χ1n) is 4.16. The Bertz CT molecular complexity index is 555. The van der Waals surface area contributed by atoms with Gasteiger partial charge < -0.3 is 10.2 Å². The average Bonchev–Trinajstić information content (AvgIpc) is 2.27. The van der Waals surface area contributed by atoms with Crippen LogP contribution in [-0.2, 0) is 0 Å². The molecule has 0 aromatic heterocycles. The number of aromatic hydroxyl groups is 2. The van der Waals surface area contributed by atoms with Gasteiger partial charge in [0.1, 0.15) is 16.5 Å². The van der Waals surface area contributed by atoms with E-state index in [1.807, 2.05) is 0 Å². The van der Waals surface area contributed by atoms with Crippen molar-refractivity contribution < 1.29 is 10.2 Å². The first kappa shape index (κ1) is 9.73. The van der Waals surface area contributed by atoms with Crippen molar-refractivity contribution >= 4 is 28.1 Å². The molecule has 0 bridgehead atoms. The summed E-state index contributed by atoms with van der Waals surface area (Å²) in [5.41, 5.74) is 6.75. The Kier molecular flexibility index (Phi) is 2.21. The Balaban J connectivity index is 3.02. The summed E-state index contributed by atoms with van der Waals surface area (Å²) in [7, 11) is 0. The largest absolute Gasteiger partial charge is 0.506 e. The van der Waals surface area contributed by atoms with Crippen molar-refractivity contribution in [2.75, 3.05) is 0 Å². The van der Waals surface area contributed by atoms with Gasteiger partial charge in [-0.15, -0.1) is 0 Å². The minimum Gasteiger partial charge on any atom is -0.506 e. The van der Waals surface area contributed by atoms with Crippen molar-refractivity contribution in [2.45, 2.75) is 0 Å². The van der Waals surface area contributed by atoms with Gasteiger partial charge in [-0.3, -0.25) is 0 Å². The quantitative estimate of drug-likeness (QED) is 0.510. The molecule has 0 aliphatic heterocycles. The van der Waals surface area contributed by atoms with E-state index in [2.05, 4.69) is 5.11 Å². The SMILES string of the molecule is N=Nc1c(Cl)c(O)c2ccccc2c1O. The molecule has 5 heteroatoms. The fourth-order valence-electron chi connectivity index (χ4n) is 1.46. The molecule has 0 saturated carbocycles. The number of benzene rings is 2. The zero-order chi connectivity index (χ0) is 11.0. The number of hydrogen-bond donors (Lipinski definition) is 3. The summed E-state index contributed by atoms with van der Waals surface area (Å²) in [6.45, 7) is 0.